The van der Waals surface area contributed by atoms with Gasteiger partial charge in [0.1, 0.15) is 5.82 Å². The Bertz CT molecular complexity index is 218. The van der Waals surface area contributed by atoms with Crippen LogP contribution in [0.4, 0.5) is 0 Å². The van der Waals surface area contributed by atoms with Gasteiger partial charge in [-0.2, -0.15) is 0 Å². The minimum Gasteiger partial charge on any atom is -0.347 e. The van der Waals surface area contributed by atoms with Crippen molar-refractivity contribution in [2.75, 3.05) is 7.05 Å². The van der Waals surface area contributed by atoms with Gasteiger partial charge in [-0.3, -0.25) is 0 Å². The minimum atomic E-state index is 0.366. The Morgan fingerprint density at radius 2 is 2.38 bits per heavy atom. The maximum atomic E-state index is 4.26. The third kappa shape index (κ3) is 2.84. The fraction of sp³-hybridized carbons (Fsp3) is 0.700. The fourth-order valence-corrected chi connectivity index (χ4v) is 1.40. The first kappa shape index (κ1) is 10.3. The smallest absolute Gasteiger partial charge is 0.123 e. The van der Waals surface area contributed by atoms with Crippen molar-refractivity contribution < 1.29 is 0 Å². The number of nitrogens with one attached hydrogen (secondary N) is 2. The van der Waals surface area contributed by atoms with E-state index in [2.05, 4.69) is 29.1 Å². The number of hydrogen-bond acceptors (Lipinski definition) is 2. The van der Waals surface area contributed by atoms with Crippen LogP contribution in [0.1, 0.15) is 38.6 Å². The molecule has 0 amide bonds. The van der Waals surface area contributed by atoms with Gasteiger partial charge in [0.2, 0.25) is 0 Å². The second kappa shape index (κ2) is 5.02. The topological polar surface area (TPSA) is 40.7 Å². The Morgan fingerprint density at radius 3 is 2.85 bits per heavy atom. The highest BCUT2D eigenvalue weighted by atomic mass is 15.0. The quantitative estimate of drug-likeness (QED) is 0.730. The summed E-state index contributed by atoms with van der Waals surface area (Å²) in [6.07, 6.45) is 6.03. The lowest BCUT2D eigenvalue weighted by molar-refractivity contribution is 0.410. The van der Waals surface area contributed by atoms with Crippen LogP contribution in [0.5, 0.6) is 0 Å². The van der Waals surface area contributed by atoms with Gasteiger partial charge in [0, 0.05) is 12.4 Å². The summed E-state index contributed by atoms with van der Waals surface area (Å²) in [6, 6.07) is 0.366. The molecule has 0 radical (unpaired) electrons. The van der Waals surface area contributed by atoms with Crippen LogP contribution < -0.4 is 5.32 Å². The Kier molecular flexibility index (Phi) is 3.96. The highest BCUT2D eigenvalue weighted by Crippen LogP contribution is 2.19. The number of hydrogen-bond donors (Lipinski definition) is 2. The molecule has 1 rings (SSSR count). The van der Waals surface area contributed by atoms with Crippen molar-refractivity contribution in [2.45, 2.75) is 32.7 Å². The van der Waals surface area contributed by atoms with Crippen LogP contribution in [-0.2, 0) is 0 Å². The third-order valence-electron chi connectivity index (χ3n) is 2.53. The fourth-order valence-electron chi connectivity index (χ4n) is 1.40. The van der Waals surface area contributed by atoms with E-state index in [0.29, 0.717) is 6.04 Å². The maximum absolute atomic E-state index is 4.26. The van der Waals surface area contributed by atoms with E-state index in [-0.39, 0.29) is 0 Å². The number of nitrogens with zero attached hydrogens (tertiary/aromatic N) is 1. The zero-order chi connectivity index (χ0) is 9.68. The summed E-state index contributed by atoms with van der Waals surface area (Å²) in [6.45, 7) is 4.49. The normalized spacial score (nSPS) is 15.6. The molecule has 0 bridgehead atoms. The van der Waals surface area contributed by atoms with Gasteiger partial charge in [-0.05, 0) is 19.4 Å². The van der Waals surface area contributed by atoms with Crippen LogP contribution in [0.15, 0.2) is 12.4 Å². The first-order chi connectivity index (χ1) is 6.27. The van der Waals surface area contributed by atoms with Crippen LogP contribution in [-0.4, -0.2) is 17.0 Å². The van der Waals surface area contributed by atoms with Gasteiger partial charge in [0.05, 0.1) is 6.04 Å². The lowest BCUT2D eigenvalue weighted by Crippen LogP contribution is -2.20. The number of aromatic nitrogens is 2. The van der Waals surface area contributed by atoms with Gasteiger partial charge in [-0.1, -0.05) is 20.3 Å². The molecule has 0 spiro atoms. The average Bonchev–Trinajstić information content (AvgIpc) is 2.66. The van der Waals surface area contributed by atoms with Gasteiger partial charge in [-0.15, -0.1) is 0 Å². The summed E-state index contributed by atoms with van der Waals surface area (Å²) in [4.78, 5) is 7.40. The molecule has 0 aliphatic heterocycles. The highest BCUT2D eigenvalue weighted by Gasteiger charge is 2.13. The molecule has 1 aromatic heterocycles. The van der Waals surface area contributed by atoms with Gasteiger partial charge < -0.3 is 10.3 Å². The second-order valence-electron chi connectivity index (χ2n) is 3.56. The van der Waals surface area contributed by atoms with Crippen molar-refractivity contribution in [1.29, 1.82) is 0 Å². The Hall–Kier alpha value is -0.830. The van der Waals surface area contributed by atoms with Crippen LogP contribution in [0.3, 0.4) is 0 Å². The zero-order valence-electron chi connectivity index (χ0n) is 8.67. The van der Waals surface area contributed by atoms with Crippen LogP contribution in [0, 0.1) is 5.92 Å². The first-order valence-corrected chi connectivity index (χ1v) is 4.94. The van der Waals surface area contributed by atoms with Crippen molar-refractivity contribution in [3.8, 4) is 0 Å². The summed E-state index contributed by atoms with van der Waals surface area (Å²) in [5, 5.41) is 3.28. The summed E-state index contributed by atoms with van der Waals surface area (Å²) < 4.78 is 0. The molecule has 13 heavy (non-hydrogen) atoms. The van der Waals surface area contributed by atoms with Gasteiger partial charge in [-0.25, -0.2) is 4.98 Å². The standard InChI is InChI=1S/C10H19N3/c1-4-8(2)7-9(11-3)10-12-5-6-13-10/h5-6,8-9,11H,4,7H2,1-3H3,(H,12,13). The molecule has 2 N–H and O–H groups in total. The number of H-pyrrole nitrogens is 1. The van der Waals surface area contributed by atoms with Crippen molar-refractivity contribution in [2.24, 2.45) is 5.92 Å². The summed E-state index contributed by atoms with van der Waals surface area (Å²) in [7, 11) is 1.98. The minimum absolute atomic E-state index is 0.366. The number of aromatic amines is 1. The van der Waals surface area contributed by atoms with Gasteiger partial charge in [0.15, 0.2) is 0 Å². The van der Waals surface area contributed by atoms with Crippen LogP contribution >= 0.6 is 0 Å². The molecule has 3 nitrogen and oxygen atoms in total. The van der Waals surface area contributed by atoms with E-state index in [1.165, 1.54) is 6.42 Å². The largest absolute Gasteiger partial charge is 0.347 e. The average molecular weight is 181 g/mol. The Morgan fingerprint density at radius 1 is 1.62 bits per heavy atom. The molecule has 3 heteroatoms. The lowest BCUT2D eigenvalue weighted by atomic mass is 9.99. The van der Waals surface area contributed by atoms with E-state index >= 15 is 0 Å². The monoisotopic (exact) mass is 181 g/mol. The Balaban J connectivity index is 2.53. The highest BCUT2D eigenvalue weighted by molar-refractivity contribution is 4.95. The molecule has 2 unspecified atom stereocenters. The van der Waals surface area contributed by atoms with Crippen LogP contribution in [0.25, 0.3) is 0 Å². The molecule has 0 fully saturated rings. The van der Waals surface area contributed by atoms with E-state index in [0.717, 1.165) is 18.2 Å². The summed E-state index contributed by atoms with van der Waals surface area (Å²) in [5.41, 5.74) is 0. The molecule has 1 heterocycles. The summed E-state index contributed by atoms with van der Waals surface area (Å²) in [5.74, 6) is 1.78. The van der Waals surface area contributed by atoms with E-state index in [9.17, 15) is 0 Å². The van der Waals surface area contributed by atoms with Gasteiger partial charge in [0.25, 0.3) is 0 Å². The van der Waals surface area contributed by atoms with E-state index in [1.54, 1.807) is 6.20 Å². The van der Waals surface area contributed by atoms with Crippen molar-refractivity contribution >= 4 is 0 Å². The molecule has 0 saturated heterocycles. The predicted molar refractivity (Wildman–Crippen MR) is 54.5 cm³/mol. The molecular weight excluding hydrogens is 162 g/mol. The SMILES string of the molecule is CCC(C)CC(NC)c1ncc[nH]1. The van der Waals surface area contributed by atoms with E-state index in [1.807, 2.05) is 13.2 Å². The predicted octanol–water partition coefficient (Wildman–Crippen LogP) is 2.11. The van der Waals surface area contributed by atoms with E-state index in [4.69, 9.17) is 0 Å². The first-order valence-electron chi connectivity index (χ1n) is 4.94. The molecule has 2 atom stereocenters. The summed E-state index contributed by atoms with van der Waals surface area (Å²) >= 11 is 0. The molecule has 0 aliphatic carbocycles. The lowest BCUT2D eigenvalue weighted by Gasteiger charge is -2.17. The molecule has 0 saturated carbocycles. The molecule has 1 aromatic rings. The number of imidazole rings is 1. The van der Waals surface area contributed by atoms with Crippen LogP contribution in [0.2, 0.25) is 0 Å². The third-order valence-corrected chi connectivity index (χ3v) is 2.53. The molecule has 0 aliphatic rings. The van der Waals surface area contributed by atoms with Gasteiger partial charge >= 0.3 is 0 Å². The molecule has 74 valence electrons. The maximum Gasteiger partial charge on any atom is 0.123 e. The molecule has 0 aromatic carbocycles. The Labute approximate surface area is 80.0 Å². The van der Waals surface area contributed by atoms with E-state index < -0.39 is 0 Å². The number of rotatable bonds is 5. The van der Waals surface area contributed by atoms with Crippen molar-refractivity contribution in [3.63, 3.8) is 0 Å². The van der Waals surface area contributed by atoms with Crippen molar-refractivity contribution in [3.05, 3.63) is 18.2 Å². The molecular formula is C10H19N3. The van der Waals surface area contributed by atoms with Crippen molar-refractivity contribution in [1.82, 2.24) is 15.3 Å². The zero-order valence-corrected chi connectivity index (χ0v) is 8.67. The second-order valence-corrected chi connectivity index (χ2v) is 3.56.